The number of nitro benzene ring substituents is 1. The third-order valence-corrected chi connectivity index (χ3v) is 2.98. The highest BCUT2D eigenvalue weighted by Gasteiger charge is 2.10. The van der Waals surface area contributed by atoms with Crippen LogP contribution in [0.25, 0.3) is 0 Å². The molecule has 2 aromatic rings. The molecule has 0 aliphatic rings. The highest BCUT2D eigenvalue weighted by Crippen LogP contribution is 2.18. The molecule has 0 heterocycles. The van der Waals surface area contributed by atoms with E-state index in [1.54, 1.807) is 24.3 Å². The fourth-order valence-electron chi connectivity index (χ4n) is 1.76. The van der Waals surface area contributed by atoms with Crippen LogP contribution in [0.1, 0.15) is 15.9 Å². The zero-order chi connectivity index (χ0) is 17.5. The van der Waals surface area contributed by atoms with Crippen LogP contribution in [0.5, 0.6) is 5.75 Å². The summed E-state index contributed by atoms with van der Waals surface area (Å²) < 4.78 is 14.4. The van der Waals surface area contributed by atoms with Crippen LogP contribution >= 0.6 is 0 Å². The lowest BCUT2D eigenvalue weighted by Crippen LogP contribution is -2.10. The number of methoxy groups -OCH3 is 1. The minimum atomic E-state index is -0.944. The van der Waals surface area contributed by atoms with E-state index < -0.39 is 17.0 Å². The van der Waals surface area contributed by atoms with Crippen LogP contribution in [0, 0.1) is 10.1 Å². The summed E-state index contributed by atoms with van der Waals surface area (Å²) in [5.74, 6) is -0.327. The van der Waals surface area contributed by atoms with Crippen molar-refractivity contribution >= 4 is 17.8 Å². The van der Waals surface area contributed by atoms with Crippen molar-refractivity contribution in [2.24, 2.45) is 0 Å². The van der Waals surface area contributed by atoms with Crippen molar-refractivity contribution in [3.05, 3.63) is 69.8 Å². The van der Waals surface area contributed by atoms with Gasteiger partial charge < -0.3 is 14.2 Å². The van der Waals surface area contributed by atoms with Crippen molar-refractivity contribution in [3.63, 3.8) is 0 Å². The van der Waals surface area contributed by atoms with Crippen LogP contribution < -0.4 is 4.74 Å². The zero-order valence-corrected chi connectivity index (χ0v) is 12.6. The lowest BCUT2D eigenvalue weighted by atomic mass is 10.1. The fraction of sp³-hybridized carbons (Fsp3) is 0.125. The second-order valence-corrected chi connectivity index (χ2v) is 4.58. The third kappa shape index (κ3) is 4.54. The number of esters is 1. The molecule has 0 fully saturated rings. The first-order chi connectivity index (χ1) is 11.5. The van der Waals surface area contributed by atoms with E-state index in [2.05, 4.69) is 4.74 Å². The maximum absolute atomic E-state index is 11.6. The van der Waals surface area contributed by atoms with Gasteiger partial charge in [-0.25, -0.2) is 9.59 Å². The van der Waals surface area contributed by atoms with Crippen LogP contribution in [0.2, 0.25) is 0 Å². The second-order valence-electron chi connectivity index (χ2n) is 4.58. The van der Waals surface area contributed by atoms with E-state index in [1.807, 2.05) is 0 Å². The maximum atomic E-state index is 11.6. The summed E-state index contributed by atoms with van der Waals surface area (Å²) in [4.78, 5) is 32.8. The van der Waals surface area contributed by atoms with Gasteiger partial charge in [-0.1, -0.05) is 12.1 Å². The van der Waals surface area contributed by atoms with Gasteiger partial charge in [-0.15, -0.1) is 0 Å². The summed E-state index contributed by atoms with van der Waals surface area (Å²) in [7, 11) is 1.29. The molecule has 0 saturated carbocycles. The first kappa shape index (κ1) is 16.9. The summed E-state index contributed by atoms with van der Waals surface area (Å²) in [5, 5.41) is 10.5. The Kier molecular flexibility index (Phi) is 5.45. The predicted molar refractivity (Wildman–Crippen MR) is 81.7 cm³/mol. The van der Waals surface area contributed by atoms with E-state index in [9.17, 15) is 19.7 Å². The molecule has 0 aliphatic carbocycles. The summed E-state index contributed by atoms with van der Waals surface area (Å²) in [6, 6.07) is 11.4. The van der Waals surface area contributed by atoms with Gasteiger partial charge in [0.25, 0.3) is 5.69 Å². The van der Waals surface area contributed by atoms with Crippen LogP contribution in [0.4, 0.5) is 10.5 Å². The Morgan fingerprint density at radius 2 is 1.67 bits per heavy atom. The minimum absolute atomic E-state index is 0.0483. The van der Waals surface area contributed by atoms with Crippen molar-refractivity contribution in [2.75, 3.05) is 7.11 Å². The van der Waals surface area contributed by atoms with Gasteiger partial charge in [-0.2, -0.15) is 0 Å². The van der Waals surface area contributed by atoms with Gasteiger partial charge in [0.15, 0.2) is 0 Å². The van der Waals surface area contributed by atoms with E-state index >= 15 is 0 Å². The van der Waals surface area contributed by atoms with Gasteiger partial charge in [-0.3, -0.25) is 10.1 Å². The Bertz CT molecular complexity index is 738. The van der Waals surface area contributed by atoms with Gasteiger partial charge in [0.05, 0.1) is 17.6 Å². The molecule has 0 atom stereocenters. The molecule has 0 spiro atoms. The molecule has 2 aromatic carbocycles. The predicted octanol–water partition coefficient (Wildman–Crippen LogP) is 3.10. The molecule has 2 rings (SSSR count). The molecule has 8 heteroatoms. The summed E-state index contributed by atoms with van der Waals surface area (Å²) >= 11 is 0. The Morgan fingerprint density at radius 1 is 1.04 bits per heavy atom. The molecule has 0 amide bonds. The quantitative estimate of drug-likeness (QED) is 0.359. The van der Waals surface area contributed by atoms with Gasteiger partial charge in [0.2, 0.25) is 0 Å². The Labute approximate surface area is 136 Å². The molecule has 0 aromatic heterocycles. The molecule has 0 unspecified atom stereocenters. The van der Waals surface area contributed by atoms with Gasteiger partial charge >= 0.3 is 12.1 Å². The van der Waals surface area contributed by atoms with Crippen molar-refractivity contribution in [1.82, 2.24) is 0 Å². The molecule has 8 nitrogen and oxygen atoms in total. The number of carbonyl (C=O) groups is 2. The molecule has 124 valence electrons. The maximum Gasteiger partial charge on any atom is 0.514 e. The number of hydrogen-bond acceptors (Lipinski definition) is 7. The molecular formula is C16H13NO7. The van der Waals surface area contributed by atoms with E-state index in [0.717, 1.165) is 0 Å². The van der Waals surface area contributed by atoms with Crippen molar-refractivity contribution in [3.8, 4) is 5.75 Å². The summed E-state index contributed by atoms with van der Waals surface area (Å²) in [5.41, 5.74) is 0.930. The minimum Gasteiger partial charge on any atom is -0.465 e. The first-order valence-electron chi connectivity index (χ1n) is 6.76. The Hall–Kier alpha value is -3.42. The average Bonchev–Trinajstić information content (AvgIpc) is 2.60. The number of carbonyl (C=O) groups excluding carboxylic acids is 2. The highest BCUT2D eigenvalue weighted by atomic mass is 16.7. The SMILES string of the molecule is COC(=O)c1ccc(COC(=O)Oc2ccc([N+](=O)[O-])cc2)cc1. The molecular weight excluding hydrogens is 318 g/mol. The van der Waals surface area contributed by atoms with Crippen LogP contribution in [-0.4, -0.2) is 24.2 Å². The van der Waals surface area contributed by atoms with Crippen molar-refractivity contribution < 1.29 is 28.7 Å². The molecule has 0 aliphatic heterocycles. The number of ether oxygens (including phenoxy) is 3. The van der Waals surface area contributed by atoms with Crippen LogP contribution in [0.15, 0.2) is 48.5 Å². The monoisotopic (exact) mass is 331 g/mol. The fourth-order valence-corrected chi connectivity index (χ4v) is 1.76. The number of nitrogens with zero attached hydrogens (tertiary/aromatic N) is 1. The second kappa shape index (κ2) is 7.73. The van der Waals surface area contributed by atoms with E-state index in [1.165, 1.54) is 31.4 Å². The third-order valence-electron chi connectivity index (χ3n) is 2.98. The number of hydrogen-bond donors (Lipinski definition) is 0. The Balaban J connectivity index is 1.86. The van der Waals surface area contributed by atoms with Crippen molar-refractivity contribution in [1.29, 1.82) is 0 Å². The standard InChI is InChI=1S/C16H13NO7/c1-22-15(18)12-4-2-11(3-5-12)10-23-16(19)24-14-8-6-13(7-9-14)17(20)21/h2-9H,10H2,1H3. The van der Waals surface area contributed by atoms with Gasteiger partial charge in [0, 0.05) is 12.1 Å². The molecule has 0 bridgehead atoms. The molecule has 24 heavy (non-hydrogen) atoms. The largest absolute Gasteiger partial charge is 0.514 e. The number of non-ortho nitro benzene ring substituents is 1. The topological polar surface area (TPSA) is 105 Å². The number of benzene rings is 2. The number of nitro groups is 1. The van der Waals surface area contributed by atoms with Crippen LogP contribution in [-0.2, 0) is 16.1 Å². The lowest BCUT2D eigenvalue weighted by molar-refractivity contribution is -0.384. The normalized spacial score (nSPS) is 9.88. The Morgan fingerprint density at radius 3 is 2.21 bits per heavy atom. The van der Waals surface area contributed by atoms with E-state index in [4.69, 9.17) is 9.47 Å². The first-order valence-corrected chi connectivity index (χ1v) is 6.76. The highest BCUT2D eigenvalue weighted by molar-refractivity contribution is 5.89. The molecule has 0 N–H and O–H groups in total. The van der Waals surface area contributed by atoms with E-state index in [0.29, 0.717) is 11.1 Å². The van der Waals surface area contributed by atoms with Gasteiger partial charge in [0.1, 0.15) is 12.4 Å². The molecule has 0 saturated heterocycles. The summed E-state index contributed by atoms with van der Waals surface area (Å²) in [6.45, 7) is -0.0483. The lowest BCUT2D eigenvalue weighted by Gasteiger charge is -2.06. The molecule has 0 radical (unpaired) electrons. The van der Waals surface area contributed by atoms with E-state index in [-0.39, 0.29) is 18.0 Å². The van der Waals surface area contributed by atoms with Crippen LogP contribution in [0.3, 0.4) is 0 Å². The smallest absolute Gasteiger partial charge is 0.465 e. The van der Waals surface area contributed by atoms with Gasteiger partial charge in [-0.05, 0) is 29.8 Å². The number of rotatable bonds is 5. The van der Waals surface area contributed by atoms with Crippen molar-refractivity contribution in [2.45, 2.75) is 6.61 Å². The summed E-state index contributed by atoms with van der Waals surface area (Å²) in [6.07, 6.45) is -0.944. The zero-order valence-electron chi connectivity index (χ0n) is 12.6. The average molecular weight is 331 g/mol.